The van der Waals surface area contributed by atoms with Crippen LogP contribution in [0.3, 0.4) is 0 Å². The fraction of sp³-hybridized carbons (Fsp3) is 0.500. The van der Waals surface area contributed by atoms with Gasteiger partial charge in [0.2, 0.25) is 5.91 Å². The Morgan fingerprint density at radius 3 is 2.83 bits per heavy atom. The maximum Gasteiger partial charge on any atom is 0.237 e. The number of piperidine rings is 1. The minimum absolute atomic E-state index is 0.0640. The average Bonchev–Trinajstić information content (AvgIpc) is 2.35. The van der Waals surface area contributed by atoms with Gasteiger partial charge in [0, 0.05) is 12.6 Å². The lowest BCUT2D eigenvalue weighted by Gasteiger charge is -2.26. The van der Waals surface area contributed by atoms with Crippen LogP contribution in [0, 0.1) is 0 Å². The minimum atomic E-state index is -0.0640. The predicted octanol–water partition coefficient (Wildman–Crippen LogP) is 1.19. The van der Waals surface area contributed by atoms with Crippen LogP contribution >= 0.6 is 0 Å². The number of hydrogen-bond acceptors (Lipinski definition) is 3. The van der Waals surface area contributed by atoms with E-state index in [1.54, 1.807) is 12.1 Å². The summed E-state index contributed by atoms with van der Waals surface area (Å²) >= 11 is 0. The number of aromatic hydroxyl groups is 1. The molecule has 0 radical (unpaired) electrons. The standard InChI is InChI=1S/C14H20N2O2/c1-10(9-11-4-6-12(17)7-5-11)16-13-3-2-8-15-14(13)18/h4-7,10,13,16-17H,2-3,8-9H2,1H3,(H,15,18). The molecule has 18 heavy (non-hydrogen) atoms. The van der Waals surface area contributed by atoms with E-state index in [9.17, 15) is 9.90 Å². The fourth-order valence-corrected chi connectivity index (χ4v) is 2.32. The molecular formula is C14H20N2O2. The van der Waals surface area contributed by atoms with Crippen molar-refractivity contribution in [1.82, 2.24) is 10.6 Å². The number of hydrogen-bond donors (Lipinski definition) is 3. The third-order valence-corrected chi connectivity index (χ3v) is 3.25. The van der Waals surface area contributed by atoms with Gasteiger partial charge >= 0.3 is 0 Å². The SMILES string of the molecule is CC(Cc1ccc(O)cc1)NC1CCCNC1=O. The van der Waals surface area contributed by atoms with Crippen LogP contribution in [0.15, 0.2) is 24.3 Å². The predicted molar refractivity (Wildman–Crippen MR) is 70.4 cm³/mol. The van der Waals surface area contributed by atoms with Gasteiger partial charge in [-0.2, -0.15) is 0 Å². The molecule has 0 saturated carbocycles. The van der Waals surface area contributed by atoms with Crippen LogP contribution in [0.2, 0.25) is 0 Å². The molecule has 1 aliphatic rings. The van der Waals surface area contributed by atoms with Crippen LogP contribution in [0.4, 0.5) is 0 Å². The Bertz CT molecular complexity index is 403. The zero-order valence-electron chi connectivity index (χ0n) is 10.6. The Labute approximate surface area is 107 Å². The summed E-state index contributed by atoms with van der Waals surface area (Å²) in [6.45, 7) is 2.87. The van der Waals surface area contributed by atoms with E-state index >= 15 is 0 Å². The Hall–Kier alpha value is -1.55. The lowest BCUT2D eigenvalue weighted by molar-refractivity contribution is -0.124. The van der Waals surface area contributed by atoms with E-state index in [1.165, 1.54) is 0 Å². The number of rotatable bonds is 4. The maximum atomic E-state index is 11.6. The number of nitrogens with one attached hydrogen (secondary N) is 2. The van der Waals surface area contributed by atoms with Gasteiger partial charge in [-0.3, -0.25) is 4.79 Å². The summed E-state index contributed by atoms with van der Waals surface area (Å²) in [6, 6.07) is 7.38. The molecule has 98 valence electrons. The number of carbonyl (C=O) groups is 1. The van der Waals surface area contributed by atoms with Crippen molar-refractivity contribution in [2.75, 3.05) is 6.54 Å². The number of phenols is 1. The molecule has 1 aliphatic heterocycles. The van der Waals surface area contributed by atoms with E-state index in [4.69, 9.17) is 0 Å². The normalized spacial score (nSPS) is 21.4. The van der Waals surface area contributed by atoms with Crippen LogP contribution in [0.1, 0.15) is 25.3 Å². The van der Waals surface area contributed by atoms with Crippen LogP contribution in [-0.4, -0.2) is 29.6 Å². The van der Waals surface area contributed by atoms with Gasteiger partial charge in [-0.1, -0.05) is 12.1 Å². The van der Waals surface area contributed by atoms with E-state index < -0.39 is 0 Å². The summed E-state index contributed by atoms with van der Waals surface area (Å²) in [5.41, 5.74) is 1.16. The third-order valence-electron chi connectivity index (χ3n) is 3.25. The smallest absolute Gasteiger partial charge is 0.237 e. The molecule has 1 aromatic rings. The molecule has 1 fully saturated rings. The van der Waals surface area contributed by atoms with Gasteiger partial charge in [0.1, 0.15) is 5.75 Å². The first kappa shape index (κ1) is 12.9. The highest BCUT2D eigenvalue weighted by Crippen LogP contribution is 2.12. The molecule has 1 saturated heterocycles. The zero-order chi connectivity index (χ0) is 13.0. The molecule has 1 aromatic carbocycles. The van der Waals surface area contributed by atoms with Gasteiger partial charge in [-0.05, 0) is 43.9 Å². The molecule has 3 N–H and O–H groups in total. The minimum Gasteiger partial charge on any atom is -0.508 e. The second-order valence-corrected chi connectivity index (χ2v) is 4.92. The number of benzene rings is 1. The Kier molecular flexibility index (Phi) is 4.20. The number of amides is 1. The van der Waals surface area contributed by atoms with E-state index in [0.717, 1.165) is 31.4 Å². The molecular weight excluding hydrogens is 228 g/mol. The van der Waals surface area contributed by atoms with Crippen molar-refractivity contribution >= 4 is 5.91 Å². The third kappa shape index (κ3) is 3.47. The van der Waals surface area contributed by atoms with Crippen molar-refractivity contribution in [3.8, 4) is 5.75 Å². The van der Waals surface area contributed by atoms with Crippen molar-refractivity contribution < 1.29 is 9.90 Å². The summed E-state index contributed by atoms with van der Waals surface area (Å²) in [4.78, 5) is 11.6. The lowest BCUT2D eigenvalue weighted by atomic mass is 10.0. The molecule has 0 aromatic heterocycles. The summed E-state index contributed by atoms with van der Waals surface area (Å²) in [6.07, 6.45) is 2.80. The van der Waals surface area contributed by atoms with E-state index in [1.807, 2.05) is 12.1 Å². The van der Waals surface area contributed by atoms with Crippen LogP contribution < -0.4 is 10.6 Å². The Morgan fingerprint density at radius 1 is 1.44 bits per heavy atom. The van der Waals surface area contributed by atoms with Crippen molar-refractivity contribution in [3.05, 3.63) is 29.8 Å². The van der Waals surface area contributed by atoms with Crippen LogP contribution in [0.5, 0.6) is 5.75 Å². The monoisotopic (exact) mass is 248 g/mol. The van der Waals surface area contributed by atoms with Gasteiger partial charge in [-0.15, -0.1) is 0 Å². The van der Waals surface area contributed by atoms with E-state index in [2.05, 4.69) is 17.6 Å². The highest BCUT2D eigenvalue weighted by Gasteiger charge is 2.22. The summed E-state index contributed by atoms with van der Waals surface area (Å²) in [5.74, 6) is 0.393. The van der Waals surface area contributed by atoms with Gasteiger partial charge in [0.05, 0.1) is 6.04 Å². The van der Waals surface area contributed by atoms with Crippen molar-refractivity contribution in [2.24, 2.45) is 0 Å². The van der Waals surface area contributed by atoms with Gasteiger partial charge in [-0.25, -0.2) is 0 Å². The largest absolute Gasteiger partial charge is 0.508 e. The Balaban J connectivity index is 1.86. The summed E-state index contributed by atoms with van der Waals surface area (Å²) in [7, 11) is 0. The molecule has 4 heteroatoms. The molecule has 4 nitrogen and oxygen atoms in total. The first-order valence-electron chi connectivity index (χ1n) is 6.47. The lowest BCUT2D eigenvalue weighted by Crippen LogP contribution is -2.51. The van der Waals surface area contributed by atoms with E-state index in [0.29, 0.717) is 0 Å². The molecule has 2 rings (SSSR count). The maximum absolute atomic E-state index is 11.6. The fourth-order valence-electron chi connectivity index (χ4n) is 2.32. The molecule has 2 atom stereocenters. The highest BCUT2D eigenvalue weighted by atomic mass is 16.3. The van der Waals surface area contributed by atoms with Crippen LogP contribution in [0.25, 0.3) is 0 Å². The van der Waals surface area contributed by atoms with Crippen LogP contribution in [-0.2, 0) is 11.2 Å². The first-order chi connectivity index (χ1) is 8.65. The highest BCUT2D eigenvalue weighted by molar-refractivity contribution is 5.82. The zero-order valence-corrected chi connectivity index (χ0v) is 10.6. The van der Waals surface area contributed by atoms with Gasteiger partial charge in [0.15, 0.2) is 0 Å². The molecule has 0 spiro atoms. The summed E-state index contributed by atoms with van der Waals surface area (Å²) in [5, 5.41) is 15.4. The van der Waals surface area contributed by atoms with Crippen molar-refractivity contribution in [2.45, 2.75) is 38.3 Å². The van der Waals surface area contributed by atoms with Crippen molar-refractivity contribution in [3.63, 3.8) is 0 Å². The first-order valence-corrected chi connectivity index (χ1v) is 6.47. The molecule has 1 heterocycles. The molecule has 2 unspecified atom stereocenters. The van der Waals surface area contributed by atoms with Crippen molar-refractivity contribution in [1.29, 1.82) is 0 Å². The Morgan fingerprint density at radius 2 is 2.17 bits per heavy atom. The second kappa shape index (κ2) is 5.87. The molecule has 1 amide bonds. The summed E-state index contributed by atoms with van der Waals surface area (Å²) < 4.78 is 0. The molecule has 0 aliphatic carbocycles. The average molecular weight is 248 g/mol. The second-order valence-electron chi connectivity index (χ2n) is 4.92. The topological polar surface area (TPSA) is 61.4 Å². The number of carbonyl (C=O) groups excluding carboxylic acids is 1. The molecule has 0 bridgehead atoms. The van der Waals surface area contributed by atoms with E-state index in [-0.39, 0.29) is 23.7 Å². The number of phenolic OH excluding ortho intramolecular Hbond substituents is 1. The van der Waals surface area contributed by atoms with Gasteiger partial charge in [0.25, 0.3) is 0 Å². The van der Waals surface area contributed by atoms with Gasteiger partial charge < -0.3 is 15.7 Å². The quantitative estimate of drug-likeness (QED) is 0.750.